The highest BCUT2D eigenvalue weighted by Crippen LogP contribution is 2.36. The van der Waals surface area contributed by atoms with Crippen molar-refractivity contribution >= 4 is 48.0 Å². The van der Waals surface area contributed by atoms with Crippen LogP contribution in [-0.2, 0) is 0 Å². The molecule has 21 heavy (non-hydrogen) atoms. The summed E-state index contributed by atoms with van der Waals surface area (Å²) in [4.78, 5) is 6.53. The zero-order chi connectivity index (χ0) is 13.8. The first-order valence-electron chi connectivity index (χ1n) is 6.83. The van der Waals surface area contributed by atoms with Gasteiger partial charge in [-0.1, -0.05) is 37.0 Å². The zero-order valence-corrected chi connectivity index (χ0v) is 15.5. The van der Waals surface area contributed by atoms with Gasteiger partial charge in [0.25, 0.3) is 0 Å². The second-order valence-electron chi connectivity index (χ2n) is 5.45. The molecular weight excluding hydrogens is 352 g/mol. The van der Waals surface area contributed by atoms with Crippen LogP contribution < -0.4 is 5.32 Å². The fraction of sp³-hybridized carbons (Fsp3) is 0.643. The van der Waals surface area contributed by atoms with Crippen molar-refractivity contribution in [2.75, 3.05) is 26.2 Å². The molecule has 2 heterocycles. The minimum absolute atomic E-state index is 0. The molecule has 0 amide bonds. The maximum Gasteiger partial charge on any atom is 0.0652 e. The molecule has 122 valence electrons. The Morgan fingerprint density at radius 1 is 1.14 bits per heavy atom. The summed E-state index contributed by atoms with van der Waals surface area (Å²) in [6.07, 6.45) is 4.44. The van der Waals surface area contributed by atoms with Crippen LogP contribution in [0.2, 0.25) is 10.0 Å². The second kappa shape index (κ2) is 10.1. The molecule has 0 bridgehead atoms. The summed E-state index contributed by atoms with van der Waals surface area (Å²) < 4.78 is 0. The van der Waals surface area contributed by atoms with E-state index in [2.05, 4.69) is 29.0 Å². The lowest BCUT2D eigenvalue weighted by Gasteiger charge is -2.36. The summed E-state index contributed by atoms with van der Waals surface area (Å²) >= 11 is 12.7. The highest BCUT2D eigenvalue weighted by Gasteiger charge is 2.26. The third-order valence-corrected chi connectivity index (χ3v) is 4.11. The van der Waals surface area contributed by atoms with E-state index in [1.165, 1.54) is 0 Å². The van der Waals surface area contributed by atoms with Gasteiger partial charge >= 0.3 is 0 Å². The van der Waals surface area contributed by atoms with E-state index in [1.807, 2.05) is 0 Å². The number of halogens is 4. The van der Waals surface area contributed by atoms with Crippen molar-refractivity contribution in [3.8, 4) is 0 Å². The normalized spacial score (nSPS) is 17.0. The van der Waals surface area contributed by atoms with E-state index < -0.39 is 0 Å². The van der Waals surface area contributed by atoms with Gasteiger partial charge in [-0.3, -0.25) is 9.88 Å². The quantitative estimate of drug-likeness (QED) is 0.854. The lowest BCUT2D eigenvalue weighted by atomic mass is 9.95. The van der Waals surface area contributed by atoms with Gasteiger partial charge in [0.05, 0.1) is 10.0 Å². The van der Waals surface area contributed by atoms with Crippen molar-refractivity contribution in [1.82, 2.24) is 15.2 Å². The van der Waals surface area contributed by atoms with Crippen LogP contribution >= 0.6 is 48.0 Å². The maximum atomic E-state index is 6.34. The number of piperazine rings is 1. The van der Waals surface area contributed by atoms with Crippen LogP contribution in [0.5, 0.6) is 0 Å². The minimum atomic E-state index is 0. The molecule has 1 aliphatic rings. The van der Waals surface area contributed by atoms with E-state index in [1.54, 1.807) is 12.4 Å². The SMILES string of the molecule is CC(C)C[C@@H](c1c(Cl)cncc1Cl)N1CCNCC1.Cl.Cl. The topological polar surface area (TPSA) is 28.2 Å². The third kappa shape index (κ3) is 5.74. The molecule has 2 rings (SSSR count). The highest BCUT2D eigenvalue weighted by atomic mass is 35.5. The molecule has 1 aromatic heterocycles. The Bertz CT molecular complexity index is 402. The first-order valence-corrected chi connectivity index (χ1v) is 7.59. The zero-order valence-electron chi connectivity index (χ0n) is 12.3. The third-order valence-electron chi connectivity index (χ3n) is 3.51. The number of nitrogens with zero attached hydrogens (tertiary/aromatic N) is 2. The van der Waals surface area contributed by atoms with Crippen LogP contribution in [0.4, 0.5) is 0 Å². The monoisotopic (exact) mass is 373 g/mol. The lowest BCUT2D eigenvalue weighted by molar-refractivity contribution is 0.154. The first kappa shape index (κ1) is 21.2. The van der Waals surface area contributed by atoms with Gasteiger partial charge in [-0.05, 0) is 12.3 Å². The molecule has 0 aromatic carbocycles. The lowest BCUT2D eigenvalue weighted by Crippen LogP contribution is -2.45. The fourth-order valence-corrected chi connectivity index (χ4v) is 3.25. The van der Waals surface area contributed by atoms with Crippen LogP contribution in [0.1, 0.15) is 31.9 Å². The smallest absolute Gasteiger partial charge is 0.0652 e. The van der Waals surface area contributed by atoms with Crippen LogP contribution in [0.25, 0.3) is 0 Å². The number of hydrogen-bond donors (Lipinski definition) is 1. The van der Waals surface area contributed by atoms with Crippen LogP contribution in [0, 0.1) is 5.92 Å². The summed E-state index contributed by atoms with van der Waals surface area (Å²) in [6, 6.07) is 0.282. The van der Waals surface area contributed by atoms with Gasteiger partial charge in [-0.2, -0.15) is 0 Å². The second-order valence-corrected chi connectivity index (χ2v) is 6.26. The molecule has 1 N–H and O–H groups in total. The average Bonchev–Trinajstić information content (AvgIpc) is 2.38. The molecule has 1 aliphatic heterocycles. The van der Waals surface area contributed by atoms with Gasteiger partial charge in [0, 0.05) is 50.2 Å². The van der Waals surface area contributed by atoms with Crippen molar-refractivity contribution in [2.45, 2.75) is 26.3 Å². The van der Waals surface area contributed by atoms with Gasteiger partial charge in [-0.25, -0.2) is 0 Å². The number of aromatic nitrogens is 1. The molecule has 0 radical (unpaired) electrons. The standard InChI is InChI=1S/C14H21Cl2N3.2ClH/c1-10(2)7-13(19-5-3-17-4-6-19)14-11(15)8-18-9-12(14)16;;/h8-10,13,17H,3-7H2,1-2H3;2*1H/t13-;;/m0../s1. The van der Waals surface area contributed by atoms with E-state index in [0.717, 1.165) is 38.2 Å². The molecule has 0 aliphatic carbocycles. The first-order chi connectivity index (χ1) is 9.09. The Hall–Kier alpha value is 0.230. The Labute approximate surface area is 149 Å². The molecule has 7 heteroatoms. The fourth-order valence-electron chi connectivity index (χ4n) is 2.63. The summed E-state index contributed by atoms with van der Waals surface area (Å²) in [6.45, 7) is 8.58. The molecule has 1 saturated heterocycles. The van der Waals surface area contributed by atoms with Gasteiger partial charge < -0.3 is 5.32 Å². The molecule has 1 fully saturated rings. The summed E-state index contributed by atoms with van der Waals surface area (Å²) in [5.41, 5.74) is 1.04. The van der Waals surface area contributed by atoms with Crippen molar-refractivity contribution in [3.63, 3.8) is 0 Å². The average molecular weight is 375 g/mol. The van der Waals surface area contributed by atoms with E-state index in [-0.39, 0.29) is 30.9 Å². The van der Waals surface area contributed by atoms with Gasteiger partial charge in [0.2, 0.25) is 0 Å². The Morgan fingerprint density at radius 2 is 1.67 bits per heavy atom. The van der Waals surface area contributed by atoms with Crippen molar-refractivity contribution in [2.24, 2.45) is 5.92 Å². The molecule has 0 spiro atoms. The maximum absolute atomic E-state index is 6.34. The van der Waals surface area contributed by atoms with Crippen molar-refractivity contribution in [3.05, 3.63) is 28.0 Å². The van der Waals surface area contributed by atoms with E-state index in [0.29, 0.717) is 16.0 Å². The Kier molecular flexibility index (Phi) is 10.2. The molecule has 0 saturated carbocycles. The number of rotatable bonds is 4. The largest absolute Gasteiger partial charge is 0.314 e. The van der Waals surface area contributed by atoms with Crippen LogP contribution in [0.15, 0.2) is 12.4 Å². The van der Waals surface area contributed by atoms with Crippen molar-refractivity contribution < 1.29 is 0 Å². The van der Waals surface area contributed by atoms with Gasteiger partial charge in [0.1, 0.15) is 0 Å². The summed E-state index contributed by atoms with van der Waals surface area (Å²) in [5, 5.41) is 4.74. The van der Waals surface area contributed by atoms with E-state index in [4.69, 9.17) is 23.2 Å². The number of pyridine rings is 1. The van der Waals surface area contributed by atoms with E-state index in [9.17, 15) is 0 Å². The predicted molar refractivity (Wildman–Crippen MR) is 95.4 cm³/mol. The van der Waals surface area contributed by atoms with Crippen LogP contribution in [0.3, 0.4) is 0 Å². The molecule has 0 unspecified atom stereocenters. The summed E-state index contributed by atoms with van der Waals surface area (Å²) in [7, 11) is 0. The molecule has 1 aromatic rings. The summed E-state index contributed by atoms with van der Waals surface area (Å²) in [5.74, 6) is 0.597. The van der Waals surface area contributed by atoms with E-state index >= 15 is 0 Å². The highest BCUT2D eigenvalue weighted by molar-refractivity contribution is 6.35. The number of hydrogen-bond acceptors (Lipinski definition) is 3. The Morgan fingerprint density at radius 3 is 2.14 bits per heavy atom. The molecule has 1 atom stereocenters. The molecular formula is C14H23Cl4N3. The van der Waals surface area contributed by atoms with Crippen molar-refractivity contribution in [1.29, 1.82) is 0 Å². The minimum Gasteiger partial charge on any atom is -0.314 e. The Balaban J connectivity index is 0.00000200. The number of nitrogens with one attached hydrogen (secondary N) is 1. The molecule has 3 nitrogen and oxygen atoms in total. The predicted octanol–water partition coefficient (Wildman–Crippen LogP) is 4.22. The van der Waals surface area contributed by atoms with Gasteiger partial charge in [0.15, 0.2) is 0 Å². The van der Waals surface area contributed by atoms with Crippen LogP contribution in [-0.4, -0.2) is 36.1 Å². The van der Waals surface area contributed by atoms with Gasteiger partial charge in [-0.15, -0.1) is 24.8 Å².